The molecular formula is C25H21NO. The second-order valence-corrected chi connectivity index (χ2v) is 7.46. The van der Waals surface area contributed by atoms with Crippen LogP contribution in [0.1, 0.15) is 16.7 Å². The highest BCUT2D eigenvalue weighted by molar-refractivity contribution is 6.25. The van der Waals surface area contributed by atoms with Crippen LogP contribution in [0.4, 0.5) is 0 Å². The number of hydrogen-bond donors (Lipinski definition) is 2. The lowest BCUT2D eigenvalue weighted by atomic mass is 9.88. The molecule has 0 bridgehead atoms. The number of para-hydroxylation sites is 1. The third kappa shape index (κ3) is 2.20. The SMILES string of the molecule is Cc1cc(C)c(-c2c(O)c3ccccc3c3[nH]c4ccccc4c23)c(C)c1. The number of hydrogen-bond acceptors (Lipinski definition) is 1. The number of H-pyrrole nitrogens is 1. The number of phenols is 1. The lowest BCUT2D eigenvalue weighted by Gasteiger charge is -2.17. The van der Waals surface area contributed by atoms with Gasteiger partial charge < -0.3 is 10.1 Å². The Morgan fingerprint density at radius 1 is 0.704 bits per heavy atom. The molecule has 0 aliphatic carbocycles. The van der Waals surface area contributed by atoms with Crippen molar-refractivity contribution in [1.82, 2.24) is 4.98 Å². The van der Waals surface area contributed by atoms with Gasteiger partial charge in [0.05, 0.1) is 5.52 Å². The van der Waals surface area contributed by atoms with E-state index in [9.17, 15) is 5.11 Å². The minimum atomic E-state index is 0.359. The van der Waals surface area contributed by atoms with Crippen LogP contribution in [0.15, 0.2) is 60.7 Å². The normalized spacial score (nSPS) is 11.7. The predicted octanol–water partition coefficient (Wildman–Crippen LogP) is 6.77. The summed E-state index contributed by atoms with van der Waals surface area (Å²) in [6, 6.07) is 20.8. The molecule has 0 fully saturated rings. The van der Waals surface area contributed by atoms with Gasteiger partial charge in [-0.3, -0.25) is 0 Å². The molecule has 0 unspecified atom stereocenters. The summed E-state index contributed by atoms with van der Waals surface area (Å²) in [5.74, 6) is 0.359. The molecule has 2 heteroatoms. The first-order valence-corrected chi connectivity index (χ1v) is 9.28. The summed E-state index contributed by atoms with van der Waals surface area (Å²) in [5, 5.41) is 15.5. The average Bonchev–Trinajstić information content (AvgIpc) is 3.03. The Bertz CT molecular complexity index is 1330. The zero-order valence-electron chi connectivity index (χ0n) is 15.7. The molecule has 4 aromatic carbocycles. The van der Waals surface area contributed by atoms with E-state index >= 15 is 0 Å². The van der Waals surface area contributed by atoms with Crippen molar-refractivity contribution in [3.8, 4) is 16.9 Å². The molecule has 2 nitrogen and oxygen atoms in total. The molecule has 1 heterocycles. The summed E-state index contributed by atoms with van der Waals surface area (Å²) in [4.78, 5) is 3.60. The van der Waals surface area contributed by atoms with Crippen molar-refractivity contribution in [2.45, 2.75) is 20.8 Å². The molecule has 0 atom stereocenters. The summed E-state index contributed by atoms with van der Waals surface area (Å²) >= 11 is 0. The molecule has 0 aliphatic rings. The van der Waals surface area contributed by atoms with Crippen molar-refractivity contribution < 1.29 is 5.11 Å². The molecule has 0 radical (unpaired) electrons. The van der Waals surface area contributed by atoms with Crippen molar-refractivity contribution in [3.63, 3.8) is 0 Å². The summed E-state index contributed by atoms with van der Waals surface area (Å²) < 4.78 is 0. The predicted molar refractivity (Wildman–Crippen MR) is 115 cm³/mol. The number of phenolic OH excluding ortho intramolecular Hbond substituents is 1. The lowest BCUT2D eigenvalue weighted by Crippen LogP contribution is -1.93. The maximum atomic E-state index is 11.4. The van der Waals surface area contributed by atoms with E-state index in [2.05, 4.69) is 62.2 Å². The zero-order chi connectivity index (χ0) is 18.7. The van der Waals surface area contributed by atoms with Gasteiger partial charge in [-0.25, -0.2) is 0 Å². The molecule has 0 spiro atoms. The maximum Gasteiger partial charge on any atom is 0.132 e. The van der Waals surface area contributed by atoms with Crippen LogP contribution in [0.2, 0.25) is 0 Å². The van der Waals surface area contributed by atoms with Gasteiger partial charge in [0.15, 0.2) is 0 Å². The molecule has 5 aromatic rings. The number of aromatic amines is 1. The quantitative estimate of drug-likeness (QED) is 0.343. The first kappa shape index (κ1) is 16.0. The molecule has 27 heavy (non-hydrogen) atoms. The molecule has 2 N–H and O–H groups in total. The van der Waals surface area contributed by atoms with E-state index in [1.807, 2.05) is 24.3 Å². The topological polar surface area (TPSA) is 36.0 Å². The Labute approximate surface area is 158 Å². The van der Waals surface area contributed by atoms with Gasteiger partial charge in [-0.05, 0) is 43.5 Å². The molecular weight excluding hydrogens is 330 g/mol. The van der Waals surface area contributed by atoms with E-state index in [1.165, 1.54) is 16.7 Å². The second-order valence-electron chi connectivity index (χ2n) is 7.46. The van der Waals surface area contributed by atoms with E-state index in [0.717, 1.165) is 43.7 Å². The monoisotopic (exact) mass is 351 g/mol. The highest BCUT2D eigenvalue weighted by Gasteiger charge is 2.21. The van der Waals surface area contributed by atoms with Crippen LogP contribution in [0, 0.1) is 20.8 Å². The fourth-order valence-corrected chi connectivity index (χ4v) is 4.58. The van der Waals surface area contributed by atoms with Gasteiger partial charge in [0, 0.05) is 32.6 Å². The number of rotatable bonds is 1. The van der Waals surface area contributed by atoms with E-state index in [4.69, 9.17) is 0 Å². The summed E-state index contributed by atoms with van der Waals surface area (Å²) in [6.07, 6.45) is 0. The number of aryl methyl sites for hydroxylation is 3. The third-order valence-corrected chi connectivity index (χ3v) is 5.57. The van der Waals surface area contributed by atoms with Crippen LogP contribution in [0.3, 0.4) is 0 Å². The van der Waals surface area contributed by atoms with Crippen LogP contribution < -0.4 is 0 Å². The van der Waals surface area contributed by atoms with Gasteiger partial charge in [-0.1, -0.05) is 60.2 Å². The minimum Gasteiger partial charge on any atom is -0.507 e. The van der Waals surface area contributed by atoms with Crippen molar-refractivity contribution >= 4 is 32.6 Å². The van der Waals surface area contributed by atoms with Crippen LogP contribution in [0.5, 0.6) is 5.75 Å². The standard InChI is InChI=1S/C25H21NO/c1-14-12-15(2)21(16(3)13-14)23-22-19-10-6-7-11-20(19)26-24(22)17-8-4-5-9-18(17)25(23)27/h4-13,26-27H,1-3H3. The van der Waals surface area contributed by atoms with Crippen LogP contribution in [-0.4, -0.2) is 10.1 Å². The number of benzene rings is 4. The second kappa shape index (κ2) is 5.62. The van der Waals surface area contributed by atoms with E-state index in [1.54, 1.807) is 0 Å². The summed E-state index contributed by atoms with van der Waals surface area (Å²) in [5.41, 5.74) is 7.83. The maximum absolute atomic E-state index is 11.4. The fourth-order valence-electron chi connectivity index (χ4n) is 4.58. The summed E-state index contributed by atoms with van der Waals surface area (Å²) in [6.45, 7) is 6.38. The Morgan fingerprint density at radius 2 is 1.30 bits per heavy atom. The van der Waals surface area contributed by atoms with E-state index in [0.29, 0.717) is 5.75 Å². The lowest BCUT2D eigenvalue weighted by molar-refractivity contribution is 0.484. The van der Waals surface area contributed by atoms with Crippen molar-refractivity contribution in [3.05, 3.63) is 77.4 Å². The van der Waals surface area contributed by atoms with Crippen LogP contribution >= 0.6 is 0 Å². The first-order chi connectivity index (χ1) is 13.1. The number of nitrogens with one attached hydrogen (secondary N) is 1. The molecule has 5 rings (SSSR count). The first-order valence-electron chi connectivity index (χ1n) is 9.28. The minimum absolute atomic E-state index is 0.359. The van der Waals surface area contributed by atoms with Gasteiger partial charge in [0.25, 0.3) is 0 Å². The number of fused-ring (bicyclic) bond motifs is 5. The van der Waals surface area contributed by atoms with Crippen molar-refractivity contribution in [1.29, 1.82) is 0 Å². The highest BCUT2D eigenvalue weighted by atomic mass is 16.3. The van der Waals surface area contributed by atoms with Gasteiger partial charge in [0.2, 0.25) is 0 Å². The Kier molecular flexibility index (Phi) is 3.32. The fraction of sp³-hybridized carbons (Fsp3) is 0.120. The molecule has 0 saturated heterocycles. The van der Waals surface area contributed by atoms with Crippen LogP contribution in [-0.2, 0) is 0 Å². The van der Waals surface area contributed by atoms with Crippen LogP contribution in [0.25, 0.3) is 43.7 Å². The van der Waals surface area contributed by atoms with Crippen molar-refractivity contribution in [2.75, 3.05) is 0 Å². The Balaban J connectivity index is 2.10. The Morgan fingerprint density at radius 3 is 2.00 bits per heavy atom. The Hall–Kier alpha value is -3.26. The number of aromatic hydroxyl groups is 1. The van der Waals surface area contributed by atoms with Gasteiger partial charge in [0.1, 0.15) is 5.75 Å². The van der Waals surface area contributed by atoms with E-state index < -0.39 is 0 Å². The number of aromatic nitrogens is 1. The molecule has 0 saturated carbocycles. The van der Waals surface area contributed by atoms with Gasteiger partial charge in [-0.15, -0.1) is 0 Å². The average molecular weight is 351 g/mol. The van der Waals surface area contributed by atoms with E-state index in [-0.39, 0.29) is 0 Å². The molecule has 1 aromatic heterocycles. The molecule has 0 aliphatic heterocycles. The smallest absolute Gasteiger partial charge is 0.132 e. The zero-order valence-corrected chi connectivity index (χ0v) is 15.7. The third-order valence-electron chi connectivity index (χ3n) is 5.57. The highest BCUT2D eigenvalue weighted by Crippen LogP contribution is 2.47. The molecule has 132 valence electrons. The van der Waals surface area contributed by atoms with Gasteiger partial charge in [-0.2, -0.15) is 0 Å². The summed E-state index contributed by atoms with van der Waals surface area (Å²) in [7, 11) is 0. The van der Waals surface area contributed by atoms with Gasteiger partial charge >= 0.3 is 0 Å². The largest absolute Gasteiger partial charge is 0.507 e. The van der Waals surface area contributed by atoms with Crippen molar-refractivity contribution in [2.24, 2.45) is 0 Å². The molecule has 0 amide bonds.